The molecule has 4 aromatic carbocycles. The molecule has 52 heavy (non-hydrogen) atoms. The molecular weight excluding hydrogens is 769 g/mol. The van der Waals surface area contributed by atoms with Gasteiger partial charge in [-0.15, -0.1) is 0 Å². The fourth-order valence-corrected chi connectivity index (χ4v) is 8.37. The van der Waals surface area contributed by atoms with E-state index in [1.165, 1.54) is 0 Å². The van der Waals surface area contributed by atoms with E-state index in [0.717, 1.165) is 48.5 Å². The number of phenolic OH excluding ortho intramolecular Hbond substituents is 2. The van der Waals surface area contributed by atoms with Crippen molar-refractivity contribution < 1.29 is 71.6 Å². The Balaban J connectivity index is 1.98. The van der Waals surface area contributed by atoms with E-state index in [0.29, 0.717) is 0 Å². The van der Waals surface area contributed by atoms with Crippen molar-refractivity contribution in [1.29, 1.82) is 0 Å². The van der Waals surface area contributed by atoms with Gasteiger partial charge in [-0.2, -0.15) is 33.7 Å². The Labute approximate surface area is 299 Å². The van der Waals surface area contributed by atoms with Crippen molar-refractivity contribution >= 4 is 40.5 Å². The van der Waals surface area contributed by atoms with Gasteiger partial charge in [0.25, 0.3) is 40.5 Å². The summed E-state index contributed by atoms with van der Waals surface area (Å²) in [7, 11) is -19.9. The molecule has 280 valence electrons. The maximum absolute atomic E-state index is 12.5. The molecule has 0 atom stereocenters. The maximum atomic E-state index is 12.5. The zero-order valence-electron chi connectivity index (χ0n) is 27.3. The smallest absolute Gasteiger partial charge is 0.294 e. The van der Waals surface area contributed by atoms with Gasteiger partial charge < -0.3 is 19.7 Å². The second-order valence-electron chi connectivity index (χ2n) is 11.8. The molecule has 0 heterocycles. The van der Waals surface area contributed by atoms with Gasteiger partial charge in [-0.25, -0.2) is 0 Å². The molecule has 0 saturated heterocycles. The lowest BCUT2D eigenvalue weighted by Crippen LogP contribution is -2.11. The van der Waals surface area contributed by atoms with Crippen molar-refractivity contribution in [2.75, 3.05) is 13.2 Å². The third-order valence-corrected chi connectivity index (χ3v) is 11.5. The molecule has 0 radical (unpaired) electrons. The highest BCUT2D eigenvalue weighted by atomic mass is 32.2. The summed E-state index contributed by atoms with van der Waals surface area (Å²) in [6.45, 7) is 3.06. The highest BCUT2D eigenvalue weighted by Crippen LogP contribution is 2.41. The van der Waals surface area contributed by atoms with E-state index in [1.807, 2.05) is 0 Å². The van der Waals surface area contributed by atoms with Crippen LogP contribution in [0.25, 0.3) is 0 Å². The van der Waals surface area contributed by atoms with Gasteiger partial charge in [-0.05, 0) is 62.4 Å². The van der Waals surface area contributed by atoms with Gasteiger partial charge in [0.15, 0.2) is 0 Å². The van der Waals surface area contributed by atoms with Crippen molar-refractivity contribution in [3.8, 4) is 23.0 Å². The molecule has 1 aliphatic rings. The highest BCUT2D eigenvalue weighted by Gasteiger charge is 2.27. The Kier molecular flexibility index (Phi) is 10.4. The van der Waals surface area contributed by atoms with E-state index >= 15 is 0 Å². The number of hydrogen-bond donors (Lipinski definition) is 6. The summed E-state index contributed by atoms with van der Waals surface area (Å²) in [6, 6.07) is 7.58. The molecule has 5 rings (SSSR count). The SMILES string of the molecule is CCOc1c2cc(S(=O)(=O)O)cc1Cc1cc(S(=O)(=O)O)cc(c1O)Cc1cc(S(=O)(=O)O)cc(c1OCC)Cc1cc(S(=O)(=O)O)cc(c1O)C2. The Bertz CT molecular complexity index is 2290. The first-order chi connectivity index (χ1) is 24.0. The lowest BCUT2D eigenvalue weighted by molar-refractivity contribution is 0.333. The average Bonchev–Trinajstić information content (AvgIpc) is 3.01. The van der Waals surface area contributed by atoms with Crippen LogP contribution < -0.4 is 9.47 Å². The minimum Gasteiger partial charge on any atom is -0.507 e. The summed E-state index contributed by atoms with van der Waals surface area (Å²) in [5.41, 5.74) is -1.04. The lowest BCUT2D eigenvalue weighted by atomic mass is 9.91. The van der Waals surface area contributed by atoms with E-state index < -0.39 is 97.2 Å². The molecule has 16 nitrogen and oxygen atoms in total. The predicted molar refractivity (Wildman–Crippen MR) is 182 cm³/mol. The Morgan fingerprint density at radius 2 is 0.615 bits per heavy atom. The predicted octanol–water partition coefficient (Wildman–Crippen LogP) is 3.56. The second-order valence-corrected chi connectivity index (χ2v) is 17.5. The monoisotopic (exact) mass is 800 g/mol. The fourth-order valence-electron chi connectivity index (χ4n) is 6.04. The Morgan fingerprint density at radius 3 is 0.788 bits per heavy atom. The second kappa shape index (κ2) is 13.9. The molecule has 4 aromatic rings. The van der Waals surface area contributed by atoms with Gasteiger partial charge in [0.1, 0.15) is 23.0 Å². The topological polar surface area (TPSA) is 276 Å². The summed E-state index contributed by atoms with van der Waals surface area (Å²) in [5.74, 6) is -1.24. The molecule has 0 fully saturated rings. The lowest BCUT2D eigenvalue weighted by Gasteiger charge is -2.22. The van der Waals surface area contributed by atoms with Gasteiger partial charge in [0.05, 0.1) is 32.8 Å². The number of benzene rings is 4. The van der Waals surface area contributed by atoms with Crippen molar-refractivity contribution in [2.24, 2.45) is 0 Å². The van der Waals surface area contributed by atoms with Gasteiger partial charge in [-0.3, -0.25) is 18.2 Å². The molecule has 0 unspecified atom stereocenters. The van der Waals surface area contributed by atoms with E-state index in [4.69, 9.17) is 9.47 Å². The number of hydrogen-bond acceptors (Lipinski definition) is 12. The summed E-state index contributed by atoms with van der Waals surface area (Å²) in [4.78, 5) is -2.79. The van der Waals surface area contributed by atoms with E-state index in [1.54, 1.807) is 13.8 Å². The van der Waals surface area contributed by atoms with Gasteiger partial charge in [0.2, 0.25) is 0 Å². The number of fused-ring (bicyclic) bond motifs is 8. The molecule has 6 N–H and O–H groups in total. The quantitative estimate of drug-likeness (QED) is 0.122. The summed E-state index contributed by atoms with van der Waals surface area (Å²) in [6.07, 6.45) is -2.04. The van der Waals surface area contributed by atoms with Crippen LogP contribution in [0, 0.1) is 0 Å². The molecule has 0 aliphatic heterocycles. The van der Waals surface area contributed by atoms with Crippen LogP contribution in [-0.4, -0.2) is 75.3 Å². The molecule has 0 spiro atoms. The van der Waals surface area contributed by atoms with Gasteiger partial charge in [-0.1, -0.05) is 0 Å². The molecule has 0 amide bonds. The van der Waals surface area contributed by atoms with Crippen molar-refractivity contribution in [1.82, 2.24) is 0 Å². The molecule has 1 aliphatic carbocycles. The van der Waals surface area contributed by atoms with Crippen LogP contribution in [0.3, 0.4) is 0 Å². The van der Waals surface area contributed by atoms with Crippen LogP contribution >= 0.6 is 0 Å². The number of rotatable bonds is 8. The third-order valence-electron chi connectivity index (χ3n) is 8.21. The number of aromatic hydroxyl groups is 2. The van der Waals surface area contributed by atoms with E-state index in [9.17, 15) is 62.1 Å². The first-order valence-corrected chi connectivity index (χ1v) is 20.9. The summed E-state index contributed by atoms with van der Waals surface area (Å²) in [5, 5.41) is 23.1. The Morgan fingerprint density at radius 1 is 0.423 bits per heavy atom. The number of phenols is 2. The number of ether oxygens (including phenoxy) is 2. The van der Waals surface area contributed by atoms with Crippen molar-refractivity contribution in [3.05, 3.63) is 93.0 Å². The molecule has 20 heteroatoms. The minimum absolute atomic E-state index is 0.0409. The Hall–Kier alpha value is -4.28. The van der Waals surface area contributed by atoms with Crippen LogP contribution in [0.2, 0.25) is 0 Å². The van der Waals surface area contributed by atoms with E-state index in [-0.39, 0.29) is 69.2 Å². The minimum atomic E-state index is -4.97. The van der Waals surface area contributed by atoms with Crippen molar-refractivity contribution in [2.45, 2.75) is 59.1 Å². The largest absolute Gasteiger partial charge is 0.507 e. The fraction of sp³-hybridized carbons (Fsp3) is 0.250. The third kappa shape index (κ3) is 8.18. The molecule has 0 saturated carbocycles. The van der Waals surface area contributed by atoms with Crippen molar-refractivity contribution in [3.63, 3.8) is 0 Å². The van der Waals surface area contributed by atoms with Crippen LogP contribution in [0.4, 0.5) is 0 Å². The normalized spacial score (nSPS) is 13.8. The standard InChI is InChI=1S/C32H32O16S4/c1-3-47-31-21-5-17-9-25(49(35,36)37)11-19(29(17)33)7-23-15-28(52(44,45)46)16-24(32(23)48-4-2)8-20-12-26(50(38,39)40)10-18(30(20)34)6-22(31)14-27(13-21)51(41,42)43/h9-16,33-34H,3-8H2,1-2H3,(H,35,36,37)(H,38,39,40)(H,41,42,43)(H,44,45,46). The van der Waals surface area contributed by atoms with Gasteiger partial charge in [0, 0.05) is 70.2 Å². The summed E-state index contributed by atoms with van der Waals surface area (Å²) >= 11 is 0. The van der Waals surface area contributed by atoms with Gasteiger partial charge >= 0.3 is 0 Å². The average molecular weight is 801 g/mol. The highest BCUT2D eigenvalue weighted by molar-refractivity contribution is 7.86. The van der Waals surface area contributed by atoms with Crippen LogP contribution in [0.15, 0.2) is 68.1 Å². The zero-order valence-corrected chi connectivity index (χ0v) is 30.5. The van der Waals surface area contributed by atoms with Crippen LogP contribution in [-0.2, 0) is 66.2 Å². The molecule has 8 bridgehead atoms. The molecular formula is C32H32O16S4. The van der Waals surface area contributed by atoms with Crippen LogP contribution in [0.1, 0.15) is 58.4 Å². The zero-order chi connectivity index (χ0) is 38.6. The first-order valence-electron chi connectivity index (χ1n) is 15.2. The maximum Gasteiger partial charge on any atom is 0.294 e. The van der Waals surface area contributed by atoms with E-state index in [2.05, 4.69) is 0 Å². The molecule has 0 aromatic heterocycles. The summed E-state index contributed by atoms with van der Waals surface area (Å²) < 4.78 is 152. The van der Waals surface area contributed by atoms with Crippen LogP contribution in [0.5, 0.6) is 23.0 Å². The first kappa shape index (κ1) is 38.9.